The van der Waals surface area contributed by atoms with Crippen molar-refractivity contribution in [2.45, 2.75) is 26.3 Å². The highest BCUT2D eigenvalue weighted by Gasteiger charge is 2.33. The molecule has 13 heavy (non-hydrogen) atoms. The van der Waals surface area contributed by atoms with Gasteiger partial charge in [-0.2, -0.15) is 0 Å². The second-order valence-electron chi connectivity index (χ2n) is 4.56. The molecule has 1 heterocycles. The van der Waals surface area contributed by atoms with Crippen molar-refractivity contribution in [1.82, 2.24) is 4.90 Å². The van der Waals surface area contributed by atoms with Crippen LogP contribution in [0.5, 0.6) is 0 Å². The van der Waals surface area contributed by atoms with Crippen molar-refractivity contribution in [1.29, 1.82) is 0 Å². The van der Waals surface area contributed by atoms with Crippen LogP contribution in [0.15, 0.2) is 0 Å². The van der Waals surface area contributed by atoms with Gasteiger partial charge in [-0.05, 0) is 11.8 Å². The summed E-state index contributed by atoms with van der Waals surface area (Å²) >= 11 is 0. The third-order valence-corrected chi connectivity index (χ3v) is 2.77. The van der Waals surface area contributed by atoms with Crippen molar-refractivity contribution in [2.24, 2.45) is 16.9 Å². The molecule has 0 aliphatic carbocycles. The smallest absolute Gasteiger partial charge is 0.231 e. The molecular formula is C9H19N3O. The molecule has 1 rings (SSSR count). The van der Waals surface area contributed by atoms with Gasteiger partial charge in [-0.15, -0.1) is 0 Å². The van der Waals surface area contributed by atoms with Crippen LogP contribution in [0.4, 0.5) is 0 Å². The maximum absolute atomic E-state index is 10.7. The SMILES string of the molecule is CC1(C)CN(CC(N)=O)CCC1N. The normalized spacial score (nSPS) is 28.7. The van der Waals surface area contributed by atoms with Crippen LogP contribution in [0, 0.1) is 5.41 Å². The Labute approximate surface area is 79.3 Å². The predicted molar refractivity (Wildman–Crippen MR) is 52.0 cm³/mol. The molecule has 0 radical (unpaired) electrons. The summed E-state index contributed by atoms with van der Waals surface area (Å²) in [6.45, 7) is 6.36. The lowest BCUT2D eigenvalue weighted by atomic mass is 9.80. The van der Waals surface area contributed by atoms with E-state index in [1.165, 1.54) is 0 Å². The van der Waals surface area contributed by atoms with Crippen LogP contribution in [0.1, 0.15) is 20.3 Å². The third-order valence-electron chi connectivity index (χ3n) is 2.77. The highest BCUT2D eigenvalue weighted by Crippen LogP contribution is 2.27. The zero-order chi connectivity index (χ0) is 10.1. The number of likely N-dealkylation sites (tertiary alicyclic amines) is 1. The number of rotatable bonds is 2. The molecule has 0 spiro atoms. The molecule has 1 aliphatic heterocycles. The first kappa shape index (κ1) is 10.5. The lowest BCUT2D eigenvalue weighted by Crippen LogP contribution is -2.53. The van der Waals surface area contributed by atoms with E-state index in [1.807, 2.05) is 0 Å². The van der Waals surface area contributed by atoms with Crippen LogP contribution in [0.25, 0.3) is 0 Å². The monoisotopic (exact) mass is 185 g/mol. The molecule has 76 valence electrons. The number of primary amides is 1. The Hall–Kier alpha value is -0.610. The number of carbonyl (C=O) groups excluding carboxylic acids is 1. The summed E-state index contributed by atoms with van der Waals surface area (Å²) in [4.78, 5) is 12.8. The van der Waals surface area contributed by atoms with Gasteiger partial charge in [-0.1, -0.05) is 13.8 Å². The van der Waals surface area contributed by atoms with E-state index < -0.39 is 0 Å². The number of amides is 1. The molecule has 1 unspecified atom stereocenters. The topological polar surface area (TPSA) is 72.3 Å². The van der Waals surface area contributed by atoms with Crippen LogP contribution in [-0.4, -0.2) is 36.5 Å². The maximum Gasteiger partial charge on any atom is 0.231 e. The number of hydrogen-bond donors (Lipinski definition) is 2. The fourth-order valence-electron chi connectivity index (χ4n) is 1.84. The van der Waals surface area contributed by atoms with Gasteiger partial charge in [0.25, 0.3) is 0 Å². The van der Waals surface area contributed by atoms with Gasteiger partial charge in [0.15, 0.2) is 0 Å². The zero-order valence-corrected chi connectivity index (χ0v) is 8.42. The molecule has 1 fully saturated rings. The number of carbonyl (C=O) groups is 1. The molecule has 0 aromatic heterocycles. The first-order chi connectivity index (χ1) is 5.92. The second kappa shape index (κ2) is 3.64. The molecule has 1 atom stereocenters. The van der Waals surface area contributed by atoms with E-state index in [9.17, 15) is 4.79 Å². The van der Waals surface area contributed by atoms with Crippen molar-refractivity contribution < 1.29 is 4.79 Å². The lowest BCUT2D eigenvalue weighted by Gasteiger charge is -2.42. The number of piperidine rings is 1. The number of hydrogen-bond acceptors (Lipinski definition) is 3. The average molecular weight is 185 g/mol. The Kier molecular flexibility index (Phi) is 2.93. The predicted octanol–water partition coefficient (Wildman–Crippen LogP) is -0.469. The molecule has 4 N–H and O–H groups in total. The highest BCUT2D eigenvalue weighted by atomic mass is 16.1. The van der Waals surface area contributed by atoms with Crippen molar-refractivity contribution in [2.75, 3.05) is 19.6 Å². The highest BCUT2D eigenvalue weighted by molar-refractivity contribution is 5.75. The minimum atomic E-state index is -0.258. The van der Waals surface area contributed by atoms with Crippen LogP contribution in [-0.2, 0) is 4.79 Å². The Morgan fingerprint density at radius 3 is 2.69 bits per heavy atom. The fraction of sp³-hybridized carbons (Fsp3) is 0.889. The Balaban J connectivity index is 2.50. The standard InChI is InChI=1S/C9H19N3O/c1-9(2)6-12(5-8(11)13)4-3-7(9)10/h7H,3-6,10H2,1-2H3,(H2,11,13). The van der Waals surface area contributed by atoms with Gasteiger partial charge in [0, 0.05) is 19.1 Å². The minimum absolute atomic E-state index is 0.0910. The van der Waals surface area contributed by atoms with E-state index in [0.29, 0.717) is 6.54 Å². The third kappa shape index (κ3) is 2.67. The molecule has 0 aromatic carbocycles. The van der Waals surface area contributed by atoms with Gasteiger partial charge in [0.1, 0.15) is 0 Å². The quantitative estimate of drug-likeness (QED) is 0.611. The first-order valence-corrected chi connectivity index (χ1v) is 4.68. The first-order valence-electron chi connectivity index (χ1n) is 4.68. The summed E-state index contributed by atoms with van der Waals surface area (Å²) in [5.74, 6) is -0.258. The number of nitrogens with zero attached hydrogens (tertiary/aromatic N) is 1. The fourth-order valence-corrected chi connectivity index (χ4v) is 1.84. The molecule has 4 heteroatoms. The molecule has 1 saturated heterocycles. The van der Waals surface area contributed by atoms with Crippen LogP contribution in [0.2, 0.25) is 0 Å². The minimum Gasteiger partial charge on any atom is -0.369 e. The Morgan fingerprint density at radius 1 is 1.62 bits per heavy atom. The number of nitrogens with two attached hydrogens (primary N) is 2. The van der Waals surface area contributed by atoms with Crippen molar-refractivity contribution in [3.8, 4) is 0 Å². The summed E-state index contributed by atoms with van der Waals surface area (Å²) in [5, 5.41) is 0. The lowest BCUT2D eigenvalue weighted by molar-refractivity contribution is -0.119. The zero-order valence-electron chi connectivity index (χ0n) is 8.42. The van der Waals surface area contributed by atoms with E-state index in [1.54, 1.807) is 0 Å². The summed E-state index contributed by atoms with van der Waals surface area (Å²) in [6, 6.07) is 0.233. The van der Waals surface area contributed by atoms with Crippen LogP contribution >= 0.6 is 0 Å². The molecule has 0 aromatic rings. The summed E-state index contributed by atoms with van der Waals surface area (Å²) < 4.78 is 0. The van der Waals surface area contributed by atoms with Crippen molar-refractivity contribution in [3.63, 3.8) is 0 Å². The molecule has 4 nitrogen and oxygen atoms in total. The largest absolute Gasteiger partial charge is 0.369 e. The van der Waals surface area contributed by atoms with Gasteiger partial charge < -0.3 is 11.5 Å². The van der Waals surface area contributed by atoms with Gasteiger partial charge >= 0.3 is 0 Å². The maximum atomic E-state index is 10.7. The van der Waals surface area contributed by atoms with Crippen molar-refractivity contribution >= 4 is 5.91 Å². The summed E-state index contributed by atoms with van der Waals surface area (Å²) in [5.41, 5.74) is 11.2. The van der Waals surface area contributed by atoms with Gasteiger partial charge in [0.05, 0.1) is 6.54 Å². The van der Waals surface area contributed by atoms with E-state index in [4.69, 9.17) is 11.5 Å². The Bertz CT molecular complexity index is 203. The van der Waals surface area contributed by atoms with E-state index in [2.05, 4.69) is 18.7 Å². The molecule has 1 aliphatic rings. The Morgan fingerprint density at radius 2 is 2.23 bits per heavy atom. The summed E-state index contributed by atoms with van der Waals surface area (Å²) in [7, 11) is 0. The molecule has 0 bridgehead atoms. The van der Waals surface area contributed by atoms with E-state index in [0.717, 1.165) is 19.5 Å². The van der Waals surface area contributed by atoms with Gasteiger partial charge in [0.2, 0.25) is 5.91 Å². The average Bonchev–Trinajstić information content (AvgIpc) is 1.95. The van der Waals surface area contributed by atoms with E-state index in [-0.39, 0.29) is 17.4 Å². The second-order valence-corrected chi connectivity index (χ2v) is 4.56. The molecule has 0 saturated carbocycles. The van der Waals surface area contributed by atoms with Gasteiger partial charge in [-0.25, -0.2) is 0 Å². The van der Waals surface area contributed by atoms with Crippen LogP contribution < -0.4 is 11.5 Å². The molecular weight excluding hydrogens is 166 g/mol. The molecule has 1 amide bonds. The van der Waals surface area contributed by atoms with Crippen LogP contribution in [0.3, 0.4) is 0 Å². The van der Waals surface area contributed by atoms with Crippen molar-refractivity contribution in [3.05, 3.63) is 0 Å². The van der Waals surface area contributed by atoms with E-state index >= 15 is 0 Å². The summed E-state index contributed by atoms with van der Waals surface area (Å²) in [6.07, 6.45) is 0.945. The van der Waals surface area contributed by atoms with Gasteiger partial charge in [-0.3, -0.25) is 9.69 Å².